The molecule has 0 saturated carbocycles. The van der Waals surface area contributed by atoms with Crippen molar-refractivity contribution < 1.29 is 14.4 Å². The number of hydrogen-bond acceptors (Lipinski definition) is 7. The van der Waals surface area contributed by atoms with Crippen LogP contribution in [0.2, 0.25) is 5.02 Å². The average molecular weight is 525 g/mol. The number of aryl methyl sites for hydroxylation is 2. The molecule has 186 valence electrons. The van der Waals surface area contributed by atoms with Crippen molar-refractivity contribution in [2.75, 3.05) is 13.7 Å². The summed E-state index contributed by atoms with van der Waals surface area (Å²) in [6.07, 6.45) is 0. The smallest absolute Gasteiger partial charge is 0.220 e. The van der Waals surface area contributed by atoms with E-state index in [0.717, 1.165) is 22.4 Å². The van der Waals surface area contributed by atoms with E-state index in [1.165, 1.54) is 18.9 Å². The van der Waals surface area contributed by atoms with Gasteiger partial charge in [-0.15, -0.1) is 10.2 Å². The Morgan fingerprint density at radius 2 is 1.81 bits per heavy atom. The maximum Gasteiger partial charge on any atom is 0.220 e. The Bertz CT molecular complexity index is 1360. The lowest BCUT2D eigenvalue weighted by Crippen LogP contribution is -2.11. The van der Waals surface area contributed by atoms with Crippen molar-refractivity contribution in [2.24, 2.45) is 0 Å². The third-order valence-electron chi connectivity index (χ3n) is 5.55. The molecule has 0 N–H and O–H groups in total. The van der Waals surface area contributed by atoms with Crippen molar-refractivity contribution in [1.82, 2.24) is 14.8 Å². The van der Waals surface area contributed by atoms with E-state index in [9.17, 15) is 10.1 Å². The summed E-state index contributed by atoms with van der Waals surface area (Å²) in [5.74, 6) is 1.69. The molecular weight excluding hydrogens is 500 g/mol. The molecule has 0 bridgehead atoms. The van der Waals surface area contributed by atoms with Crippen LogP contribution in [0, 0.1) is 24.0 Å². The van der Waals surface area contributed by atoms with E-state index >= 15 is 0 Å². The lowest BCUT2D eigenvalue weighted by atomic mass is 10.1. The monoisotopic (exact) mass is 524 g/mol. The molecule has 36 heavy (non-hydrogen) atoms. The Kier molecular flexibility index (Phi) is 8.12. The van der Waals surface area contributed by atoms with Crippen LogP contribution in [0.15, 0.2) is 71.9 Å². The molecule has 0 spiro atoms. The molecular formula is C26H25ClN4O4S. The quantitative estimate of drug-likeness (QED) is 0.138. The second-order valence-electron chi connectivity index (χ2n) is 8.11. The van der Waals surface area contributed by atoms with Crippen LogP contribution in [0.4, 0.5) is 0 Å². The first-order chi connectivity index (χ1) is 17.4. The predicted molar refractivity (Wildman–Crippen MR) is 140 cm³/mol. The second kappa shape index (κ2) is 11.5. The van der Waals surface area contributed by atoms with Crippen LogP contribution in [0.5, 0.6) is 11.5 Å². The third kappa shape index (κ3) is 5.98. The van der Waals surface area contributed by atoms with Crippen molar-refractivity contribution in [2.45, 2.75) is 30.9 Å². The number of halogens is 1. The first-order valence-electron chi connectivity index (χ1n) is 11.2. The molecule has 0 aliphatic carbocycles. The summed E-state index contributed by atoms with van der Waals surface area (Å²) in [5, 5.41) is 20.7. The van der Waals surface area contributed by atoms with E-state index in [-0.39, 0.29) is 18.1 Å². The molecule has 0 aliphatic heterocycles. The molecule has 10 heteroatoms. The first kappa shape index (κ1) is 25.5. The number of rotatable bonds is 10. The van der Waals surface area contributed by atoms with E-state index in [1.54, 1.807) is 18.2 Å². The van der Waals surface area contributed by atoms with Crippen LogP contribution in [-0.4, -0.2) is 33.3 Å². The normalized spacial score (nSPS) is 11.8. The van der Waals surface area contributed by atoms with Crippen molar-refractivity contribution >= 4 is 23.4 Å². The molecule has 1 atom stereocenters. The fourth-order valence-electron chi connectivity index (χ4n) is 3.66. The first-order valence-corrected chi connectivity index (χ1v) is 12.4. The summed E-state index contributed by atoms with van der Waals surface area (Å²) < 4.78 is 13.4. The number of thioether (sulfide) groups is 1. The average Bonchev–Trinajstić information content (AvgIpc) is 3.23. The van der Waals surface area contributed by atoms with Gasteiger partial charge in [0.25, 0.3) is 0 Å². The topological polar surface area (TPSA) is 92.3 Å². The number of benzene rings is 3. The Morgan fingerprint density at radius 1 is 1.06 bits per heavy atom. The highest BCUT2D eigenvalue weighted by atomic mass is 35.5. The van der Waals surface area contributed by atoms with Crippen molar-refractivity contribution in [3.63, 3.8) is 0 Å². The van der Waals surface area contributed by atoms with Gasteiger partial charge in [0, 0.05) is 21.2 Å². The maximum absolute atomic E-state index is 11.6. The minimum atomic E-state index is -0.528. The number of ether oxygens (including phenoxy) is 2. The van der Waals surface area contributed by atoms with Gasteiger partial charge in [-0.05, 0) is 49.7 Å². The fraction of sp³-hybridized carbons (Fsp3) is 0.231. The van der Waals surface area contributed by atoms with Gasteiger partial charge in [0.05, 0.1) is 7.11 Å². The molecule has 4 aromatic rings. The molecule has 0 saturated heterocycles. The van der Waals surface area contributed by atoms with Crippen LogP contribution in [0.3, 0.4) is 0 Å². The molecule has 8 nitrogen and oxygen atoms in total. The van der Waals surface area contributed by atoms with E-state index in [4.69, 9.17) is 21.1 Å². The Balaban J connectivity index is 1.61. The molecule has 0 aliphatic rings. The summed E-state index contributed by atoms with van der Waals surface area (Å²) in [6.45, 7) is 3.84. The Morgan fingerprint density at radius 3 is 2.50 bits per heavy atom. The number of nitro groups is 1. The SMILES string of the molecule is COc1cc([C@@H](C[N+](=O)[O-])Sc2nnc(C)n2-c2ccc(C)cc2)ccc1OCc1ccccc1Cl. The van der Waals surface area contributed by atoms with Crippen LogP contribution in [-0.2, 0) is 6.61 Å². The minimum absolute atomic E-state index is 0.265. The molecule has 0 fully saturated rings. The van der Waals surface area contributed by atoms with Gasteiger partial charge in [0.15, 0.2) is 16.7 Å². The molecule has 0 unspecified atom stereocenters. The highest BCUT2D eigenvalue weighted by Gasteiger charge is 2.25. The van der Waals surface area contributed by atoms with Crippen molar-refractivity contribution in [1.29, 1.82) is 0 Å². The predicted octanol–water partition coefficient (Wildman–Crippen LogP) is 6.24. The minimum Gasteiger partial charge on any atom is -0.493 e. The van der Waals surface area contributed by atoms with Crippen LogP contribution < -0.4 is 9.47 Å². The van der Waals surface area contributed by atoms with E-state index < -0.39 is 5.25 Å². The maximum atomic E-state index is 11.6. The van der Waals surface area contributed by atoms with E-state index in [2.05, 4.69) is 10.2 Å². The highest BCUT2D eigenvalue weighted by Crippen LogP contribution is 2.39. The van der Waals surface area contributed by atoms with Gasteiger partial charge >= 0.3 is 0 Å². The van der Waals surface area contributed by atoms with E-state index in [0.29, 0.717) is 27.5 Å². The number of nitrogens with zero attached hydrogens (tertiary/aromatic N) is 4. The zero-order valence-corrected chi connectivity index (χ0v) is 21.6. The zero-order chi connectivity index (χ0) is 25.7. The highest BCUT2D eigenvalue weighted by molar-refractivity contribution is 7.99. The molecule has 0 amide bonds. The standard InChI is InChI=1S/C26H25ClN4O4S/c1-17-8-11-21(12-9-17)31-18(2)28-29-26(31)36-25(15-30(32)33)19-10-13-23(24(14-19)34-3)35-16-20-6-4-5-7-22(20)27/h4-14,25H,15-16H2,1-3H3/t25-/m1/s1. The van der Waals surface area contributed by atoms with Gasteiger partial charge in [-0.25, -0.2) is 0 Å². The molecule has 4 rings (SSSR count). The second-order valence-corrected chi connectivity index (χ2v) is 9.69. The summed E-state index contributed by atoms with van der Waals surface area (Å²) >= 11 is 7.52. The van der Waals surface area contributed by atoms with Crippen LogP contribution in [0.25, 0.3) is 5.69 Å². The van der Waals surface area contributed by atoms with Gasteiger partial charge in [0.2, 0.25) is 6.54 Å². The number of hydrogen-bond donors (Lipinski definition) is 0. The Hall–Kier alpha value is -3.56. The van der Waals surface area contributed by atoms with Crippen LogP contribution in [0.1, 0.15) is 27.8 Å². The molecule has 1 heterocycles. The molecule has 0 radical (unpaired) electrons. The number of aromatic nitrogens is 3. The zero-order valence-electron chi connectivity index (χ0n) is 20.1. The summed E-state index contributed by atoms with van der Waals surface area (Å²) in [7, 11) is 1.54. The van der Waals surface area contributed by atoms with E-state index in [1.807, 2.05) is 66.9 Å². The lowest BCUT2D eigenvalue weighted by molar-refractivity contribution is -0.479. The van der Waals surface area contributed by atoms with Gasteiger partial charge < -0.3 is 9.47 Å². The van der Waals surface area contributed by atoms with Crippen molar-refractivity contribution in [3.8, 4) is 17.2 Å². The van der Waals surface area contributed by atoms with Gasteiger partial charge in [-0.1, -0.05) is 65.3 Å². The van der Waals surface area contributed by atoms with Gasteiger partial charge in [-0.3, -0.25) is 14.7 Å². The van der Waals surface area contributed by atoms with Crippen molar-refractivity contribution in [3.05, 3.63) is 104 Å². The van der Waals surface area contributed by atoms with Gasteiger partial charge in [0.1, 0.15) is 17.7 Å². The lowest BCUT2D eigenvalue weighted by Gasteiger charge is -2.17. The third-order valence-corrected chi connectivity index (χ3v) is 7.10. The number of methoxy groups -OCH3 is 1. The summed E-state index contributed by atoms with van der Waals surface area (Å²) in [5.41, 5.74) is 3.59. The molecule has 3 aromatic carbocycles. The fourth-order valence-corrected chi connectivity index (χ4v) is 5.01. The van der Waals surface area contributed by atoms with Gasteiger partial charge in [-0.2, -0.15) is 0 Å². The Labute approximate surface area is 218 Å². The largest absolute Gasteiger partial charge is 0.493 e. The summed E-state index contributed by atoms with van der Waals surface area (Å²) in [4.78, 5) is 11.2. The summed E-state index contributed by atoms with van der Waals surface area (Å²) in [6, 6.07) is 20.7. The van der Waals surface area contributed by atoms with Crippen LogP contribution >= 0.6 is 23.4 Å². The molecule has 1 aromatic heterocycles.